The number of rotatable bonds is 11. The molecular formula is C23H27NO5S. The van der Waals surface area contributed by atoms with Gasteiger partial charge in [0.2, 0.25) is 0 Å². The first-order valence-electron chi connectivity index (χ1n) is 10.2. The number of carboxylic acid groups (broad SMARTS) is 1. The summed E-state index contributed by atoms with van der Waals surface area (Å²) in [4.78, 5) is 25.9. The highest BCUT2D eigenvalue weighted by Gasteiger charge is 2.33. The van der Waals surface area contributed by atoms with Gasteiger partial charge in [0.25, 0.3) is 5.91 Å². The van der Waals surface area contributed by atoms with Crippen LogP contribution in [0.5, 0.6) is 11.5 Å². The molecule has 1 aliphatic heterocycles. The normalized spacial score (nSPS) is 15.4. The molecule has 6 nitrogen and oxygen atoms in total. The molecule has 3 rings (SSSR count). The third kappa shape index (κ3) is 5.69. The van der Waals surface area contributed by atoms with Crippen molar-refractivity contribution >= 4 is 29.3 Å². The Hall–Kier alpha value is -2.67. The molecular weight excluding hydrogens is 402 g/mol. The molecule has 1 amide bonds. The number of ether oxygens (including phenoxy) is 2. The zero-order valence-electron chi connectivity index (χ0n) is 17.1. The van der Waals surface area contributed by atoms with Crippen LogP contribution >= 0.6 is 11.8 Å². The summed E-state index contributed by atoms with van der Waals surface area (Å²) >= 11 is 1.84. The van der Waals surface area contributed by atoms with Crippen LogP contribution in [0.25, 0.3) is 0 Å². The van der Waals surface area contributed by atoms with Gasteiger partial charge < -0.3 is 19.5 Å². The number of benzene rings is 2. The monoisotopic (exact) mass is 429 g/mol. The van der Waals surface area contributed by atoms with Crippen LogP contribution in [-0.2, 0) is 16.0 Å². The van der Waals surface area contributed by atoms with Crippen LogP contribution in [0.4, 0.5) is 5.69 Å². The van der Waals surface area contributed by atoms with E-state index < -0.39 is 12.1 Å². The van der Waals surface area contributed by atoms with E-state index in [0.29, 0.717) is 30.0 Å². The molecule has 1 unspecified atom stereocenters. The van der Waals surface area contributed by atoms with Crippen molar-refractivity contribution in [2.75, 3.05) is 29.6 Å². The second kappa shape index (κ2) is 10.9. The molecule has 0 saturated heterocycles. The molecule has 0 spiro atoms. The highest BCUT2D eigenvalue weighted by atomic mass is 32.2. The van der Waals surface area contributed by atoms with Gasteiger partial charge in [-0.1, -0.05) is 37.3 Å². The molecule has 0 saturated carbocycles. The molecule has 2 aromatic rings. The van der Waals surface area contributed by atoms with Crippen molar-refractivity contribution in [2.45, 2.75) is 32.3 Å². The minimum atomic E-state index is -0.912. The lowest BCUT2D eigenvalue weighted by atomic mass is 10.1. The maximum absolute atomic E-state index is 13.1. The molecule has 7 heteroatoms. The SMILES string of the molecule is CCCSCCN1C(=O)C(CCOc2ccccc2CC(=O)O)Oc2ccccc21. The van der Waals surface area contributed by atoms with E-state index in [0.717, 1.165) is 23.6 Å². The summed E-state index contributed by atoms with van der Waals surface area (Å²) in [6, 6.07) is 14.7. The van der Waals surface area contributed by atoms with Crippen LogP contribution in [0.1, 0.15) is 25.3 Å². The second-order valence-corrected chi connectivity index (χ2v) is 8.22. The number of aliphatic carboxylic acids is 1. The van der Waals surface area contributed by atoms with E-state index >= 15 is 0 Å². The van der Waals surface area contributed by atoms with Gasteiger partial charge in [0.15, 0.2) is 6.10 Å². The summed E-state index contributed by atoms with van der Waals surface area (Å²) in [5.74, 6) is 2.20. The molecule has 1 N–H and O–H groups in total. The first-order valence-corrected chi connectivity index (χ1v) is 11.3. The van der Waals surface area contributed by atoms with Gasteiger partial charge >= 0.3 is 5.97 Å². The van der Waals surface area contributed by atoms with Crippen molar-refractivity contribution < 1.29 is 24.2 Å². The van der Waals surface area contributed by atoms with Crippen LogP contribution in [0.2, 0.25) is 0 Å². The number of hydrogen-bond donors (Lipinski definition) is 1. The Morgan fingerprint density at radius 2 is 1.93 bits per heavy atom. The van der Waals surface area contributed by atoms with Crippen LogP contribution in [-0.4, -0.2) is 47.7 Å². The molecule has 160 valence electrons. The largest absolute Gasteiger partial charge is 0.493 e. The number of fused-ring (bicyclic) bond motifs is 1. The van der Waals surface area contributed by atoms with Gasteiger partial charge in [-0.3, -0.25) is 9.59 Å². The lowest BCUT2D eigenvalue weighted by Gasteiger charge is -2.34. The molecule has 1 atom stereocenters. The second-order valence-electron chi connectivity index (χ2n) is 6.99. The van der Waals surface area contributed by atoms with Gasteiger partial charge in [-0.05, 0) is 30.4 Å². The van der Waals surface area contributed by atoms with E-state index in [4.69, 9.17) is 14.6 Å². The zero-order chi connectivity index (χ0) is 21.3. The highest BCUT2D eigenvalue weighted by molar-refractivity contribution is 7.99. The first-order chi connectivity index (χ1) is 14.6. The third-order valence-corrected chi connectivity index (χ3v) is 5.89. The molecule has 1 aliphatic rings. The molecule has 0 bridgehead atoms. The van der Waals surface area contributed by atoms with E-state index in [1.54, 1.807) is 24.3 Å². The number of carboxylic acids is 1. The maximum Gasteiger partial charge on any atom is 0.307 e. The lowest BCUT2D eigenvalue weighted by Crippen LogP contribution is -2.47. The van der Waals surface area contributed by atoms with Crippen LogP contribution in [0, 0.1) is 0 Å². The van der Waals surface area contributed by atoms with Crippen LogP contribution < -0.4 is 14.4 Å². The fourth-order valence-electron chi connectivity index (χ4n) is 3.32. The molecule has 1 heterocycles. The van der Waals surface area contributed by atoms with Crippen LogP contribution in [0.15, 0.2) is 48.5 Å². The van der Waals surface area contributed by atoms with E-state index in [-0.39, 0.29) is 18.9 Å². The van der Waals surface area contributed by atoms with E-state index in [2.05, 4.69) is 6.92 Å². The Balaban J connectivity index is 1.64. The molecule has 0 aromatic heterocycles. The van der Waals surface area contributed by atoms with Crippen molar-refractivity contribution in [3.8, 4) is 11.5 Å². The Labute approximate surface area is 181 Å². The number of carbonyl (C=O) groups is 2. The van der Waals surface area contributed by atoms with E-state index in [1.807, 2.05) is 40.9 Å². The molecule has 30 heavy (non-hydrogen) atoms. The predicted octanol–water partition coefficient (Wildman–Crippen LogP) is 4.02. The van der Waals surface area contributed by atoms with Gasteiger partial charge in [-0.15, -0.1) is 0 Å². The van der Waals surface area contributed by atoms with Gasteiger partial charge in [0, 0.05) is 24.3 Å². The number of amides is 1. The summed E-state index contributed by atoms with van der Waals surface area (Å²) in [6.45, 7) is 3.04. The molecule has 0 aliphatic carbocycles. The number of para-hydroxylation sites is 3. The van der Waals surface area contributed by atoms with Crippen molar-refractivity contribution in [3.05, 3.63) is 54.1 Å². The minimum absolute atomic E-state index is 0.0618. The Bertz CT molecular complexity index is 872. The van der Waals surface area contributed by atoms with Gasteiger partial charge in [-0.25, -0.2) is 0 Å². The summed E-state index contributed by atoms with van der Waals surface area (Å²) in [6.07, 6.45) is 0.767. The summed E-state index contributed by atoms with van der Waals surface area (Å²) in [5.41, 5.74) is 1.42. The zero-order valence-corrected chi connectivity index (χ0v) is 17.9. The quantitative estimate of drug-likeness (QED) is 0.544. The van der Waals surface area contributed by atoms with Crippen molar-refractivity contribution in [3.63, 3.8) is 0 Å². The summed E-state index contributed by atoms with van der Waals surface area (Å²) < 4.78 is 11.8. The Morgan fingerprint density at radius 3 is 2.73 bits per heavy atom. The van der Waals surface area contributed by atoms with Crippen molar-refractivity contribution in [1.29, 1.82) is 0 Å². The predicted molar refractivity (Wildman–Crippen MR) is 119 cm³/mol. The highest BCUT2D eigenvalue weighted by Crippen LogP contribution is 2.34. The average molecular weight is 430 g/mol. The number of nitrogens with zero attached hydrogens (tertiary/aromatic N) is 1. The topological polar surface area (TPSA) is 76.1 Å². The first kappa shape index (κ1) is 22.0. The smallest absolute Gasteiger partial charge is 0.307 e. The minimum Gasteiger partial charge on any atom is -0.493 e. The van der Waals surface area contributed by atoms with Gasteiger partial charge in [-0.2, -0.15) is 11.8 Å². The lowest BCUT2D eigenvalue weighted by molar-refractivity contribution is -0.136. The molecule has 0 fully saturated rings. The summed E-state index contributed by atoms with van der Waals surface area (Å²) in [7, 11) is 0. The average Bonchev–Trinajstić information content (AvgIpc) is 2.74. The Kier molecular flexibility index (Phi) is 8.02. The molecule has 0 radical (unpaired) electrons. The van der Waals surface area contributed by atoms with Crippen molar-refractivity contribution in [2.24, 2.45) is 0 Å². The fraction of sp³-hybridized carbons (Fsp3) is 0.391. The number of thioether (sulfide) groups is 1. The maximum atomic E-state index is 13.1. The standard InChI is InChI=1S/C23H27NO5S/c1-2-14-30-15-12-24-18-8-4-6-10-20(18)29-21(23(24)27)11-13-28-19-9-5-3-7-17(19)16-22(25)26/h3-10,21H,2,11-16H2,1H3,(H,25,26). The van der Waals surface area contributed by atoms with E-state index in [9.17, 15) is 9.59 Å². The van der Waals surface area contributed by atoms with Crippen LogP contribution in [0.3, 0.4) is 0 Å². The number of carbonyl (C=O) groups excluding carboxylic acids is 1. The molecule has 2 aromatic carbocycles. The Morgan fingerprint density at radius 1 is 1.17 bits per heavy atom. The van der Waals surface area contributed by atoms with Gasteiger partial charge in [0.1, 0.15) is 11.5 Å². The fourth-order valence-corrected chi connectivity index (χ4v) is 4.13. The van der Waals surface area contributed by atoms with E-state index in [1.165, 1.54) is 0 Å². The van der Waals surface area contributed by atoms with Crippen molar-refractivity contribution in [1.82, 2.24) is 0 Å². The number of anilines is 1. The van der Waals surface area contributed by atoms with Gasteiger partial charge in [0.05, 0.1) is 18.7 Å². The summed E-state index contributed by atoms with van der Waals surface area (Å²) in [5, 5.41) is 9.05. The number of hydrogen-bond acceptors (Lipinski definition) is 5. The third-order valence-electron chi connectivity index (χ3n) is 4.73.